The molecule has 0 radical (unpaired) electrons. The molecule has 1 heterocycles. The molecule has 130 valence electrons. The monoisotopic (exact) mass is 322 g/mol. The maximum Gasteiger partial charge on any atom is 0.312 e. The largest absolute Gasteiger partial charge is 0.396 e. The van der Waals surface area contributed by atoms with Crippen molar-refractivity contribution in [1.29, 1.82) is 0 Å². The molecular weight excluding hydrogens is 292 g/mol. The van der Waals surface area contributed by atoms with Gasteiger partial charge in [-0.1, -0.05) is 6.42 Å². The van der Waals surface area contributed by atoms with Crippen LogP contribution >= 0.6 is 0 Å². The molecule has 5 nitrogen and oxygen atoms in total. The Morgan fingerprint density at radius 1 is 1.22 bits per heavy atom. The lowest BCUT2D eigenvalue weighted by Crippen LogP contribution is -2.52. The van der Waals surface area contributed by atoms with Crippen LogP contribution in [0.1, 0.15) is 58.3 Å². The van der Waals surface area contributed by atoms with Gasteiger partial charge in [0.25, 0.3) is 0 Å². The predicted molar refractivity (Wildman–Crippen MR) is 87.6 cm³/mol. The molecule has 2 amide bonds. The van der Waals surface area contributed by atoms with Crippen molar-refractivity contribution < 1.29 is 14.7 Å². The van der Waals surface area contributed by atoms with E-state index >= 15 is 0 Å². The van der Waals surface area contributed by atoms with Crippen molar-refractivity contribution in [2.75, 3.05) is 13.2 Å². The first kappa shape index (κ1) is 16.7. The van der Waals surface area contributed by atoms with Gasteiger partial charge >= 0.3 is 11.8 Å². The van der Waals surface area contributed by atoms with Crippen LogP contribution in [0.2, 0.25) is 0 Å². The number of nitrogens with zero attached hydrogens (tertiary/aromatic N) is 1. The molecule has 2 bridgehead atoms. The smallest absolute Gasteiger partial charge is 0.312 e. The number of aliphatic hydroxyl groups excluding tert-OH is 1. The Morgan fingerprint density at radius 2 is 2.04 bits per heavy atom. The zero-order valence-electron chi connectivity index (χ0n) is 14.2. The van der Waals surface area contributed by atoms with Crippen molar-refractivity contribution in [3.63, 3.8) is 0 Å². The summed E-state index contributed by atoms with van der Waals surface area (Å²) in [5.74, 6) is 1.27. The first-order valence-electron chi connectivity index (χ1n) is 9.32. The lowest BCUT2D eigenvalue weighted by Gasteiger charge is -2.35. The number of hydrogen-bond donors (Lipinski definition) is 2. The van der Waals surface area contributed by atoms with Crippen LogP contribution in [0.25, 0.3) is 0 Å². The molecular formula is C18H30N2O3. The molecule has 1 aliphatic heterocycles. The number of likely N-dealkylation sites (tertiary alicyclic amines) is 1. The summed E-state index contributed by atoms with van der Waals surface area (Å²) >= 11 is 0. The van der Waals surface area contributed by atoms with Crippen molar-refractivity contribution in [3.8, 4) is 0 Å². The number of piperidine rings is 1. The zero-order chi connectivity index (χ0) is 16.4. The maximum absolute atomic E-state index is 12.5. The quantitative estimate of drug-likeness (QED) is 0.774. The topological polar surface area (TPSA) is 69.6 Å². The van der Waals surface area contributed by atoms with Crippen LogP contribution in [0, 0.1) is 17.8 Å². The molecule has 3 fully saturated rings. The fourth-order valence-electron chi connectivity index (χ4n) is 5.13. The van der Waals surface area contributed by atoms with Crippen molar-refractivity contribution in [2.24, 2.45) is 17.8 Å². The van der Waals surface area contributed by atoms with Crippen LogP contribution in [-0.2, 0) is 9.59 Å². The summed E-state index contributed by atoms with van der Waals surface area (Å²) in [5.41, 5.74) is 0. The van der Waals surface area contributed by atoms with Crippen molar-refractivity contribution in [3.05, 3.63) is 0 Å². The Bertz CT molecular complexity index is 452. The number of aliphatic hydroxyl groups is 1. The minimum Gasteiger partial charge on any atom is -0.396 e. The Hall–Kier alpha value is -1.10. The molecule has 5 atom stereocenters. The SMILES string of the molecule is CC(NC(=O)C(=O)N1CCCCC1CCO)C1CC2CCC1C2. The van der Waals surface area contributed by atoms with E-state index in [4.69, 9.17) is 5.11 Å². The number of carbonyl (C=O) groups excluding carboxylic acids is 2. The number of nitrogens with one attached hydrogen (secondary N) is 1. The minimum absolute atomic E-state index is 0.0183. The van der Waals surface area contributed by atoms with Gasteiger partial charge in [0.05, 0.1) is 0 Å². The summed E-state index contributed by atoms with van der Waals surface area (Å²) in [6.45, 7) is 2.76. The van der Waals surface area contributed by atoms with Crippen molar-refractivity contribution in [2.45, 2.75) is 70.4 Å². The third-order valence-corrected chi connectivity index (χ3v) is 6.34. The van der Waals surface area contributed by atoms with Gasteiger partial charge in [0.1, 0.15) is 0 Å². The Labute approximate surface area is 138 Å². The van der Waals surface area contributed by atoms with Crippen LogP contribution < -0.4 is 5.32 Å². The van der Waals surface area contributed by atoms with Crippen LogP contribution in [0.15, 0.2) is 0 Å². The summed E-state index contributed by atoms with van der Waals surface area (Å²) in [6.07, 6.45) is 8.62. The molecule has 0 spiro atoms. The number of carbonyl (C=O) groups is 2. The number of hydrogen-bond acceptors (Lipinski definition) is 3. The van der Waals surface area contributed by atoms with Gasteiger partial charge in [-0.15, -0.1) is 0 Å². The molecule has 5 heteroatoms. The van der Waals surface area contributed by atoms with Gasteiger partial charge in [-0.05, 0) is 69.6 Å². The van der Waals surface area contributed by atoms with Crippen LogP contribution in [-0.4, -0.2) is 47.1 Å². The molecule has 3 aliphatic rings. The minimum atomic E-state index is -0.454. The first-order chi connectivity index (χ1) is 11.1. The van der Waals surface area contributed by atoms with E-state index in [9.17, 15) is 9.59 Å². The highest BCUT2D eigenvalue weighted by atomic mass is 16.3. The van der Waals surface area contributed by atoms with Gasteiger partial charge in [0.2, 0.25) is 0 Å². The summed E-state index contributed by atoms with van der Waals surface area (Å²) in [7, 11) is 0. The fraction of sp³-hybridized carbons (Fsp3) is 0.889. The second-order valence-corrected chi connectivity index (χ2v) is 7.76. The van der Waals surface area contributed by atoms with Crippen LogP contribution in [0.5, 0.6) is 0 Å². The lowest BCUT2D eigenvalue weighted by atomic mass is 9.84. The van der Waals surface area contributed by atoms with Crippen LogP contribution in [0.3, 0.4) is 0 Å². The van der Waals surface area contributed by atoms with Crippen molar-refractivity contribution >= 4 is 11.8 Å². The average Bonchev–Trinajstić information content (AvgIpc) is 3.18. The standard InChI is InChI=1S/C18H30N2O3/c1-12(16-11-13-5-6-14(16)10-13)19-17(22)18(23)20-8-3-2-4-15(20)7-9-21/h12-16,21H,2-11H2,1H3,(H,19,22). The highest BCUT2D eigenvalue weighted by Crippen LogP contribution is 2.49. The molecule has 2 aliphatic carbocycles. The van der Waals surface area contributed by atoms with Gasteiger partial charge in [-0.25, -0.2) is 0 Å². The molecule has 1 saturated heterocycles. The summed E-state index contributed by atoms with van der Waals surface area (Å²) in [4.78, 5) is 26.6. The molecule has 0 aromatic carbocycles. The van der Waals surface area contributed by atoms with Gasteiger partial charge in [0.15, 0.2) is 0 Å². The van der Waals surface area contributed by atoms with E-state index in [1.807, 2.05) is 0 Å². The molecule has 0 aromatic rings. The second kappa shape index (κ2) is 7.20. The van der Waals surface area contributed by atoms with E-state index in [0.717, 1.165) is 31.1 Å². The summed E-state index contributed by atoms with van der Waals surface area (Å²) in [6, 6.07) is 0.104. The number of amides is 2. The first-order valence-corrected chi connectivity index (χ1v) is 9.32. The van der Waals surface area contributed by atoms with Gasteiger partial charge in [-0.3, -0.25) is 9.59 Å². The number of fused-ring (bicyclic) bond motifs is 2. The third kappa shape index (κ3) is 3.54. The van der Waals surface area contributed by atoms with E-state index < -0.39 is 11.8 Å². The molecule has 2 saturated carbocycles. The van der Waals surface area contributed by atoms with E-state index in [-0.39, 0.29) is 18.7 Å². The van der Waals surface area contributed by atoms with Crippen molar-refractivity contribution in [1.82, 2.24) is 10.2 Å². The average molecular weight is 322 g/mol. The number of rotatable bonds is 4. The van der Waals surface area contributed by atoms with Gasteiger partial charge in [0, 0.05) is 25.2 Å². The Morgan fingerprint density at radius 3 is 2.70 bits per heavy atom. The molecule has 23 heavy (non-hydrogen) atoms. The molecule has 5 unspecified atom stereocenters. The van der Waals surface area contributed by atoms with Gasteiger partial charge < -0.3 is 15.3 Å². The second-order valence-electron chi connectivity index (χ2n) is 7.76. The van der Waals surface area contributed by atoms with E-state index in [1.54, 1.807) is 4.90 Å². The third-order valence-electron chi connectivity index (χ3n) is 6.34. The van der Waals surface area contributed by atoms with E-state index in [1.165, 1.54) is 25.7 Å². The summed E-state index contributed by atoms with van der Waals surface area (Å²) < 4.78 is 0. The molecule has 0 aromatic heterocycles. The molecule has 3 rings (SSSR count). The molecule has 2 N–H and O–H groups in total. The normalized spacial score (nSPS) is 34.4. The Balaban J connectivity index is 1.55. The van der Waals surface area contributed by atoms with Gasteiger partial charge in [-0.2, -0.15) is 0 Å². The zero-order valence-corrected chi connectivity index (χ0v) is 14.2. The highest BCUT2D eigenvalue weighted by Gasteiger charge is 2.42. The Kier molecular flexibility index (Phi) is 5.24. The van der Waals surface area contributed by atoms with Crippen LogP contribution in [0.4, 0.5) is 0 Å². The van der Waals surface area contributed by atoms with E-state index in [0.29, 0.717) is 18.9 Å². The maximum atomic E-state index is 12.5. The fourth-order valence-corrected chi connectivity index (χ4v) is 5.13. The van der Waals surface area contributed by atoms with E-state index in [2.05, 4.69) is 12.2 Å². The lowest BCUT2D eigenvalue weighted by molar-refractivity contribution is -0.149. The highest BCUT2D eigenvalue weighted by molar-refractivity contribution is 6.35. The summed E-state index contributed by atoms with van der Waals surface area (Å²) in [5, 5.41) is 12.1. The predicted octanol–water partition coefficient (Wildman–Crippen LogP) is 1.69.